The average molecular weight is 256 g/mol. The van der Waals surface area contributed by atoms with Gasteiger partial charge in [-0.3, -0.25) is 0 Å². The predicted octanol–water partition coefficient (Wildman–Crippen LogP) is 5.66. The highest BCUT2D eigenvalue weighted by atomic mass is 35.5. The summed E-state index contributed by atoms with van der Waals surface area (Å²) in [5.74, 6) is 0.377. The maximum Gasteiger partial charge on any atom is 0.168 e. The normalized spacial score (nSPS) is 9.41. The molecule has 1 aromatic carbocycles. The molecular weight excluding hydrogens is 234 g/mol. The Bertz CT molecular complexity index is 435. The molecule has 0 saturated heterocycles. The molecule has 0 spiro atoms. The van der Waals surface area contributed by atoms with Crippen LogP contribution in [0.1, 0.15) is 53.2 Å². The van der Waals surface area contributed by atoms with Crippen molar-refractivity contribution in [2.45, 2.75) is 47.5 Å². The van der Waals surface area contributed by atoms with Gasteiger partial charge in [-0.15, -0.1) is 0 Å². The van der Waals surface area contributed by atoms with Crippen LogP contribution < -0.4 is 0 Å². The second-order valence-electron chi connectivity index (χ2n) is 3.36. The highest BCUT2D eigenvalue weighted by Gasteiger charge is 2.10. The second-order valence-corrected chi connectivity index (χ2v) is 3.80. The van der Waals surface area contributed by atoms with Crippen LogP contribution in [0.4, 0.5) is 0 Å². The van der Waals surface area contributed by atoms with Gasteiger partial charge in [-0.05, 0) is 18.1 Å². The van der Waals surface area contributed by atoms with Crippen LogP contribution in [0.25, 0.3) is 11.0 Å². The smallest absolute Gasteiger partial charge is 0.168 e. The lowest BCUT2D eigenvalue weighted by Crippen LogP contribution is -1.86. The summed E-state index contributed by atoms with van der Waals surface area (Å²) in [4.78, 5) is 0. The third-order valence-electron chi connectivity index (χ3n) is 2.01. The summed E-state index contributed by atoms with van der Waals surface area (Å²) >= 11 is 5.82. The first kappa shape index (κ1) is 16.0. The summed E-state index contributed by atoms with van der Waals surface area (Å²) in [5.41, 5.74) is 1.75. The molecule has 1 aromatic heterocycles. The summed E-state index contributed by atoms with van der Waals surface area (Å²) in [6.07, 6.45) is 0. The maximum atomic E-state index is 5.82. The van der Waals surface area contributed by atoms with Gasteiger partial charge in [0, 0.05) is 16.5 Å². The van der Waals surface area contributed by atoms with E-state index in [0.29, 0.717) is 10.9 Å². The van der Waals surface area contributed by atoms with Gasteiger partial charge in [-0.1, -0.05) is 58.3 Å². The van der Waals surface area contributed by atoms with Gasteiger partial charge in [0.15, 0.2) is 5.58 Å². The Morgan fingerprint density at radius 2 is 1.71 bits per heavy atom. The van der Waals surface area contributed by atoms with E-state index in [4.69, 9.17) is 16.1 Å². The second kappa shape index (κ2) is 8.13. The Morgan fingerprint density at radius 1 is 1.12 bits per heavy atom. The molecule has 0 aliphatic rings. The van der Waals surface area contributed by atoms with Crippen LogP contribution in [0.2, 0.25) is 5.02 Å². The lowest BCUT2D eigenvalue weighted by Gasteiger charge is -1.97. The Labute approximate surface area is 109 Å². The number of benzene rings is 1. The molecule has 0 saturated carbocycles. The minimum absolute atomic E-state index is 0.377. The van der Waals surface area contributed by atoms with Crippen molar-refractivity contribution in [1.82, 2.24) is 5.16 Å². The van der Waals surface area contributed by atoms with E-state index in [9.17, 15) is 0 Å². The monoisotopic (exact) mass is 255 g/mol. The summed E-state index contributed by atoms with van der Waals surface area (Å²) < 4.78 is 5.16. The zero-order valence-corrected chi connectivity index (χ0v) is 12.3. The molecule has 0 amide bonds. The van der Waals surface area contributed by atoms with Crippen LogP contribution in [0.3, 0.4) is 0 Å². The third-order valence-corrected chi connectivity index (χ3v) is 2.24. The number of hydrogen-bond donors (Lipinski definition) is 0. The molecule has 0 atom stereocenters. The number of nitrogens with zero attached hydrogens (tertiary/aromatic N) is 1. The van der Waals surface area contributed by atoms with Gasteiger partial charge in [-0.25, -0.2) is 0 Å². The average Bonchev–Trinajstić information content (AvgIpc) is 2.77. The standard InChI is InChI=1S/C10H10ClNO.2C2H6/c1-6(2)10-8-4-3-7(11)5-9(8)13-12-10;2*1-2/h3-6H,1-2H3;2*1-2H3. The van der Waals surface area contributed by atoms with Crippen molar-refractivity contribution in [3.05, 3.63) is 28.9 Å². The Morgan fingerprint density at radius 3 is 2.24 bits per heavy atom. The molecular formula is C14H22ClNO. The first-order valence-electron chi connectivity index (χ1n) is 6.23. The molecule has 17 heavy (non-hydrogen) atoms. The quantitative estimate of drug-likeness (QED) is 0.657. The van der Waals surface area contributed by atoms with E-state index in [2.05, 4.69) is 19.0 Å². The van der Waals surface area contributed by atoms with Crippen molar-refractivity contribution in [3.8, 4) is 0 Å². The van der Waals surface area contributed by atoms with Crippen molar-refractivity contribution in [2.75, 3.05) is 0 Å². The van der Waals surface area contributed by atoms with Crippen LogP contribution in [0, 0.1) is 0 Å². The SMILES string of the molecule is CC.CC.CC(C)c1noc2cc(Cl)ccc12. The summed E-state index contributed by atoms with van der Waals surface area (Å²) in [7, 11) is 0. The molecule has 0 bridgehead atoms. The van der Waals surface area contributed by atoms with Gasteiger partial charge >= 0.3 is 0 Å². The van der Waals surface area contributed by atoms with E-state index in [1.807, 2.05) is 39.8 Å². The number of halogens is 1. The fraction of sp³-hybridized carbons (Fsp3) is 0.500. The van der Waals surface area contributed by atoms with Gasteiger partial charge in [0.2, 0.25) is 0 Å². The molecule has 0 fully saturated rings. The first-order valence-corrected chi connectivity index (χ1v) is 6.61. The predicted molar refractivity (Wildman–Crippen MR) is 75.8 cm³/mol. The fourth-order valence-corrected chi connectivity index (χ4v) is 1.51. The zero-order valence-electron chi connectivity index (χ0n) is 11.5. The molecule has 2 aromatic rings. The van der Waals surface area contributed by atoms with E-state index < -0.39 is 0 Å². The van der Waals surface area contributed by atoms with Gasteiger partial charge in [0.1, 0.15) is 0 Å². The van der Waals surface area contributed by atoms with Crippen molar-refractivity contribution in [3.63, 3.8) is 0 Å². The molecule has 0 unspecified atom stereocenters. The molecule has 0 N–H and O–H groups in total. The lowest BCUT2D eigenvalue weighted by atomic mass is 10.1. The molecule has 1 heterocycles. The fourth-order valence-electron chi connectivity index (χ4n) is 1.35. The largest absolute Gasteiger partial charge is 0.356 e. The Balaban J connectivity index is 0.000000581. The number of rotatable bonds is 1. The molecule has 3 heteroatoms. The van der Waals surface area contributed by atoms with E-state index in [1.54, 1.807) is 6.07 Å². The number of hydrogen-bond acceptors (Lipinski definition) is 2. The van der Waals surface area contributed by atoms with Crippen LogP contribution in [0.15, 0.2) is 22.7 Å². The number of fused-ring (bicyclic) bond motifs is 1. The van der Waals surface area contributed by atoms with Crippen molar-refractivity contribution in [2.24, 2.45) is 0 Å². The van der Waals surface area contributed by atoms with Crippen LogP contribution in [0.5, 0.6) is 0 Å². The van der Waals surface area contributed by atoms with Gasteiger partial charge < -0.3 is 4.52 Å². The van der Waals surface area contributed by atoms with Gasteiger partial charge in [0.05, 0.1) is 5.69 Å². The Hall–Kier alpha value is -1.02. The minimum atomic E-state index is 0.377. The van der Waals surface area contributed by atoms with Crippen molar-refractivity contribution in [1.29, 1.82) is 0 Å². The first-order chi connectivity index (χ1) is 8.18. The van der Waals surface area contributed by atoms with Gasteiger partial charge in [-0.2, -0.15) is 0 Å². The Kier molecular flexibility index (Phi) is 7.64. The van der Waals surface area contributed by atoms with Crippen LogP contribution >= 0.6 is 11.6 Å². The highest BCUT2D eigenvalue weighted by Crippen LogP contribution is 2.26. The molecule has 2 rings (SSSR count). The summed E-state index contributed by atoms with van der Waals surface area (Å²) in [6, 6.07) is 5.59. The molecule has 0 radical (unpaired) electrons. The highest BCUT2D eigenvalue weighted by molar-refractivity contribution is 6.31. The lowest BCUT2D eigenvalue weighted by molar-refractivity contribution is 0.441. The molecule has 0 aliphatic carbocycles. The van der Waals surface area contributed by atoms with Gasteiger partial charge in [0.25, 0.3) is 0 Å². The van der Waals surface area contributed by atoms with E-state index in [0.717, 1.165) is 16.7 Å². The molecule has 96 valence electrons. The van der Waals surface area contributed by atoms with Crippen LogP contribution in [-0.4, -0.2) is 5.16 Å². The number of aromatic nitrogens is 1. The summed E-state index contributed by atoms with van der Waals surface area (Å²) in [6.45, 7) is 12.2. The maximum absolute atomic E-state index is 5.82. The third kappa shape index (κ3) is 4.04. The minimum Gasteiger partial charge on any atom is -0.356 e. The summed E-state index contributed by atoms with van der Waals surface area (Å²) in [5, 5.41) is 5.74. The van der Waals surface area contributed by atoms with Crippen molar-refractivity contribution >= 4 is 22.6 Å². The van der Waals surface area contributed by atoms with Crippen molar-refractivity contribution < 1.29 is 4.52 Å². The van der Waals surface area contributed by atoms with E-state index in [1.165, 1.54) is 0 Å². The topological polar surface area (TPSA) is 26.0 Å². The van der Waals surface area contributed by atoms with Crippen LogP contribution in [-0.2, 0) is 0 Å². The molecule has 0 aliphatic heterocycles. The van der Waals surface area contributed by atoms with E-state index in [-0.39, 0.29) is 0 Å². The zero-order chi connectivity index (χ0) is 13.4. The molecule has 2 nitrogen and oxygen atoms in total. The van der Waals surface area contributed by atoms with E-state index >= 15 is 0 Å².